The largest absolute Gasteiger partial charge is 0.299 e. The summed E-state index contributed by atoms with van der Waals surface area (Å²) in [7, 11) is 0. The number of Topliss-reactive ketones (excluding diaryl/α,β-unsaturated/α-hetero) is 1. The van der Waals surface area contributed by atoms with Crippen LogP contribution in [0, 0.1) is 28.6 Å². The van der Waals surface area contributed by atoms with Crippen LogP contribution in [0.2, 0.25) is 0 Å². The first kappa shape index (κ1) is 13.7. The van der Waals surface area contributed by atoms with E-state index >= 15 is 0 Å². The van der Waals surface area contributed by atoms with Gasteiger partial charge in [0.05, 0.1) is 0 Å². The Morgan fingerprint density at radius 2 is 1.90 bits per heavy atom. The van der Waals surface area contributed by atoms with Crippen LogP contribution in [0.4, 0.5) is 4.39 Å². The minimum absolute atomic E-state index is 0.143. The van der Waals surface area contributed by atoms with Crippen molar-refractivity contribution in [2.45, 2.75) is 58.8 Å². The quantitative estimate of drug-likeness (QED) is 0.574. The maximum atomic E-state index is 14.3. The van der Waals surface area contributed by atoms with Gasteiger partial charge in [-0.25, -0.2) is 4.39 Å². The van der Waals surface area contributed by atoms with E-state index in [2.05, 4.69) is 19.9 Å². The maximum absolute atomic E-state index is 14.3. The van der Waals surface area contributed by atoms with Gasteiger partial charge in [0.15, 0.2) is 0 Å². The van der Waals surface area contributed by atoms with Crippen molar-refractivity contribution in [3.05, 3.63) is 23.6 Å². The molecular formula is C19H25FO. The summed E-state index contributed by atoms with van der Waals surface area (Å²) >= 11 is 0. The second-order valence-electron chi connectivity index (χ2n) is 8.22. The van der Waals surface area contributed by atoms with Gasteiger partial charge < -0.3 is 0 Å². The van der Waals surface area contributed by atoms with Gasteiger partial charge in [0.1, 0.15) is 11.6 Å². The summed E-state index contributed by atoms with van der Waals surface area (Å²) in [6, 6.07) is 0. The number of hydrogen-bond acceptors (Lipinski definition) is 1. The zero-order chi connectivity index (χ0) is 14.8. The monoisotopic (exact) mass is 288 g/mol. The van der Waals surface area contributed by atoms with Crippen molar-refractivity contribution in [3.8, 4) is 0 Å². The molecule has 3 unspecified atom stereocenters. The molecule has 5 atom stereocenters. The molecule has 0 heterocycles. The molecule has 1 nitrogen and oxygen atoms in total. The average Bonchev–Trinajstić information content (AvgIpc) is 2.76. The van der Waals surface area contributed by atoms with E-state index in [0.717, 1.165) is 38.5 Å². The first-order valence-corrected chi connectivity index (χ1v) is 8.52. The number of halogens is 1. The van der Waals surface area contributed by atoms with Gasteiger partial charge in [-0.3, -0.25) is 4.79 Å². The van der Waals surface area contributed by atoms with Crippen LogP contribution in [0.15, 0.2) is 23.6 Å². The number of rotatable bonds is 0. The van der Waals surface area contributed by atoms with Gasteiger partial charge in [0.2, 0.25) is 0 Å². The highest BCUT2D eigenvalue weighted by atomic mass is 19.1. The van der Waals surface area contributed by atoms with Crippen LogP contribution in [0.1, 0.15) is 58.8 Å². The second kappa shape index (κ2) is 4.30. The summed E-state index contributed by atoms with van der Waals surface area (Å²) in [4.78, 5) is 11.8. The molecule has 0 saturated heterocycles. The molecule has 0 bridgehead atoms. The third-order valence-corrected chi connectivity index (χ3v) is 7.42. The van der Waals surface area contributed by atoms with Gasteiger partial charge >= 0.3 is 0 Å². The van der Waals surface area contributed by atoms with Gasteiger partial charge in [0, 0.05) is 18.3 Å². The molecule has 0 aliphatic heterocycles. The van der Waals surface area contributed by atoms with Crippen LogP contribution in [0.5, 0.6) is 0 Å². The molecule has 0 N–H and O–H groups in total. The lowest BCUT2D eigenvalue weighted by atomic mass is 9.48. The minimum atomic E-state index is -0.201. The molecule has 2 heteroatoms. The molecule has 4 aliphatic rings. The van der Waals surface area contributed by atoms with Gasteiger partial charge in [-0.2, -0.15) is 0 Å². The van der Waals surface area contributed by atoms with Crippen molar-refractivity contribution in [2.24, 2.45) is 28.6 Å². The Hall–Kier alpha value is -0.920. The standard InChI is InChI=1S/C19H25FO/c1-18-9-7-13(21)11-12(18)3-4-14-15-5-6-17(20)19(15,2)10-8-16(14)18/h3,6,14-16H,4-5,7-11H2,1-2H3/t14?,15?,16?,18-,19-/m0/s1. The highest BCUT2D eigenvalue weighted by molar-refractivity contribution is 5.82. The highest BCUT2D eigenvalue weighted by Crippen LogP contribution is 2.64. The fraction of sp³-hybridized carbons (Fsp3) is 0.737. The fourth-order valence-corrected chi connectivity index (χ4v) is 5.99. The summed E-state index contributed by atoms with van der Waals surface area (Å²) in [5.74, 6) is 2.29. The average molecular weight is 288 g/mol. The zero-order valence-electron chi connectivity index (χ0n) is 13.1. The number of carbonyl (C=O) groups excluding carboxylic acids is 1. The summed E-state index contributed by atoms with van der Waals surface area (Å²) in [5, 5.41) is 0. The lowest BCUT2D eigenvalue weighted by Gasteiger charge is -2.56. The predicted octanol–water partition coefficient (Wildman–Crippen LogP) is 4.98. The Bertz CT molecular complexity index is 560. The van der Waals surface area contributed by atoms with Crippen LogP contribution < -0.4 is 0 Å². The number of allylic oxidation sites excluding steroid dienone is 4. The Labute approximate surface area is 126 Å². The van der Waals surface area contributed by atoms with E-state index in [1.54, 1.807) is 0 Å². The lowest BCUT2D eigenvalue weighted by molar-refractivity contribution is -0.122. The van der Waals surface area contributed by atoms with Crippen molar-refractivity contribution >= 4 is 5.78 Å². The minimum Gasteiger partial charge on any atom is -0.299 e. The highest BCUT2D eigenvalue weighted by Gasteiger charge is 2.57. The Morgan fingerprint density at radius 1 is 1.10 bits per heavy atom. The van der Waals surface area contributed by atoms with E-state index in [-0.39, 0.29) is 16.7 Å². The molecule has 114 valence electrons. The smallest absolute Gasteiger partial charge is 0.136 e. The van der Waals surface area contributed by atoms with E-state index in [9.17, 15) is 9.18 Å². The molecule has 0 aromatic carbocycles. The number of carbonyl (C=O) groups is 1. The van der Waals surface area contributed by atoms with Gasteiger partial charge in [-0.05, 0) is 55.3 Å². The van der Waals surface area contributed by atoms with E-state index in [1.807, 2.05) is 6.08 Å². The molecule has 0 radical (unpaired) electrons. The van der Waals surface area contributed by atoms with E-state index in [0.29, 0.717) is 30.0 Å². The van der Waals surface area contributed by atoms with Crippen LogP contribution >= 0.6 is 0 Å². The van der Waals surface area contributed by atoms with Crippen molar-refractivity contribution in [1.29, 1.82) is 0 Å². The van der Waals surface area contributed by atoms with Crippen molar-refractivity contribution in [1.82, 2.24) is 0 Å². The SMILES string of the molecule is C[C@]12CCC(=O)CC1=CCC1C2CC[C@]2(C)C(F)=CCC12. The van der Waals surface area contributed by atoms with Crippen LogP contribution in [0.3, 0.4) is 0 Å². The first-order chi connectivity index (χ1) is 9.95. The van der Waals surface area contributed by atoms with Crippen molar-refractivity contribution in [3.63, 3.8) is 0 Å². The number of hydrogen-bond donors (Lipinski definition) is 0. The van der Waals surface area contributed by atoms with Crippen molar-refractivity contribution < 1.29 is 9.18 Å². The van der Waals surface area contributed by atoms with Crippen LogP contribution in [0.25, 0.3) is 0 Å². The summed E-state index contributed by atoms with van der Waals surface area (Å²) in [6.45, 7) is 4.52. The van der Waals surface area contributed by atoms with Gasteiger partial charge in [-0.15, -0.1) is 0 Å². The molecule has 0 amide bonds. The van der Waals surface area contributed by atoms with Gasteiger partial charge in [-0.1, -0.05) is 31.6 Å². The molecular weight excluding hydrogens is 263 g/mol. The lowest BCUT2D eigenvalue weighted by Crippen LogP contribution is -2.49. The predicted molar refractivity (Wildman–Crippen MR) is 81.3 cm³/mol. The molecule has 4 rings (SSSR count). The third kappa shape index (κ3) is 1.71. The second-order valence-corrected chi connectivity index (χ2v) is 8.22. The number of fused-ring (bicyclic) bond motifs is 5. The van der Waals surface area contributed by atoms with Crippen molar-refractivity contribution in [2.75, 3.05) is 0 Å². The van der Waals surface area contributed by atoms with E-state index in [1.165, 1.54) is 5.57 Å². The summed E-state index contributed by atoms with van der Waals surface area (Å²) < 4.78 is 14.3. The summed E-state index contributed by atoms with van der Waals surface area (Å²) in [6.07, 6.45) is 10.7. The van der Waals surface area contributed by atoms with E-state index < -0.39 is 0 Å². The topological polar surface area (TPSA) is 17.1 Å². The number of ketones is 1. The van der Waals surface area contributed by atoms with Crippen LogP contribution in [-0.4, -0.2) is 5.78 Å². The molecule has 2 saturated carbocycles. The normalized spacial score (nSPS) is 48.9. The Balaban J connectivity index is 1.70. The Kier molecular flexibility index (Phi) is 2.81. The molecule has 0 aromatic rings. The Morgan fingerprint density at radius 3 is 2.71 bits per heavy atom. The molecule has 21 heavy (non-hydrogen) atoms. The summed E-state index contributed by atoms with van der Waals surface area (Å²) in [5.41, 5.74) is 1.40. The van der Waals surface area contributed by atoms with E-state index in [4.69, 9.17) is 0 Å². The maximum Gasteiger partial charge on any atom is 0.136 e. The van der Waals surface area contributed by atoms with Gasteiger partial charge in [0.25, 0.3) is 0 Å². The zero-order valence-corrected chi connectivity index (χ0v) is 13.1. The molecule has 0 aromatic heterocycles. The molecule has 0 spiro atoms. The fourth-order valence-electron chi connectivity index (χ4n) is 5.99. The first-order valence-electron chi connectivity index (χ1n) is 8.52. The third-order valence-electron chi connectivity index (χ3n) is 7.42. The molecule has 4 aliphatic carbocycles. The van der Waals surface area contributed by atoms with Crippen LogP contribution in [-0.2, 0) is 4.79 Å². The molecule has 2 fully saturated rings.